The van der Waals surface area contributed by atoms with E-state index >= 15 is 0 Å². The van der Waals surface area contributed by atoms with Crippen LogP contribution in [-0.2, 0) is 4.79 Å². The molecule has 3 aromatic rings. The third-order valence-corrected chi connectivity index (χ3v) is 4.62. The first kappa shape index (κ1) is 19.4. The van der Waals surface area contributed by atoms with Crippen LogP contribution in [0, 0.1) is 0 Å². The maximum absolute atomic E-state index is 12.2. The molecule has 3 aromatic carbocycles. The molecule has 0 bridgehead atoms. The lowest BCUT2D eigenvalue weighted by Gasteiger charge is -2.12. The summed E-state index contributed by atoms with van der Waals surface area (Å²) in [5.74, 6) is -0.219. The van der Waals surface area contributed by atoms with Gasteiger partial charge in [0.15, 0.2) is 0 Å². The van der Waals surface area contributed by atoms with Crippen LogP contribution in [0.15, 0.2) is 66.7 Å². The molecule has 3 N–H and O–H groups in total. The standard InChI is InChI=1S/C23H25N3O2/c1-3-16(2)25-23(28)18-9-11-20(12-10-18)24-15-22(27)26-21-13-8-17-6-4-5-7-19(17)14-21/h4-14,16,24H,3,15H2,1-2H3,(H,25,28)(H,26,27). The van der Waals surface area contributed by atoms with Crippen LogP contribution >= 0.6 is 0 Å². The third kappa shape index (κ3) is 5.10. The molecule has 5 nitrogen and oxygen atoms in total. The Labute approximate surface area is 165 Å². The highest BCUT2D eigenvalue weighted by molar-refractivity contribution is 5.97. The molecular weight excluding hydrogens is 350 g/mol. The molecule has 144 valence electrons. The van der Waals surface area contributed by atoms with Gasteiger partial charge in [0, 0.05) is 23.0 Å². The highest BCUT2D eigenvalue weighted by Gasteiger charge is 2.08. The zero-order valence-corrected chi connectivity index (χ0v) is 16.2. The van der Waals surface area contributed by atoms with Gasteiger partial charge in [-0.3, -0.25) is 9.59 Å². The first-order chi connectivity index (χ1) is 13.5. The Bertz CT molecular complexity index is 967. The monoisotopic (exact) mass is 375 g/mol. The Morgan fingerprint density at radius 1 is 0.893 bits per heavy atom. The average Bonchev–Trinajstić information content (AvgIpc) is 2.72. The second-order valence-electron chi connectivity index (χ2n) is 6.82. The number of carbonyl (C=O) groups is 2. The van der Waals surface area contributed by atoms with E-state index in [9.17, 15) is 9.59 Å². The van der Waals surface area contributed by atoms with Crippen LogP contribution in [0.4, 0.5) is 11.4 Å². The zero-order valence-electron chi connectivity index (χ0n) is 16.2. The van der Waals surface area contributed by atoms with Crippen LogP contribution in [0.3, 0.4) is 0 Å². The molecule has 5 heteroatoms. The van der Waals surface area contributed by atoms with Crippen molar-refractivity contribution in [3.8, 4) is 0 Å². The van der Waals surface area contributed by atoms with Gasteiger partial charge in [0.05, 0.1) is 6.54 Å². The minimum Gasteiger partial charge on any atom is -0.376 e. The van der Waals surface area contributed by atoms with Gasteiger partial charge in [-0.25, -0.2) is 0 Å². The fraction of sp³-hybridized carbons (Fsp3) is 0.217. The van der Waals surface area contributed by atoms with Gasteiger partial charge in [0.2, 0.25) is 5.91 Å². The number of nitrogens with one attached hydrogen (secondary N) is 3. The second kappa shape index (κ2) is 9.04. The molecule has 0 fully saturated rings. The lowest BCUT2D eigenvalue weighted by atomic mass is 10.1. The Kier molecular flexibility index (Phi) is 6.27. The predicted molar refractivity (Wildman–Crippen MR) is 115 cm³/mol. The number of hydrogen-bond acceptors (Lipinski definition) is 3. The molecule has 28 heavy (non-hydrogen) atoms. The highest BCUT2D eigenvalue weighted by Crippen LogP contribution is 2.18. The normalized spacial score (nSPS) is 11.6. The van der Waals surface area contributed by atoms with Gasteiger partial charge in [-0.1, -0.05) is 37.3 Å². The van der Waals surface area contributed by atoms with Crippen molar-refractivity contribution in [2.75, 3.05) is 17.2 Å². The van der Waals surface area contributed by atoms with Crippen molar-refractivity contribution in [2.24, 2.45) is 0 Å². The second-order valence-corrected chi connectivity index (χ2v) is 6.82. The molecule has 0 saturated carbocycles. The van der Waals surface area contributed by atoms with E-state index in [1.807, 2.05) is 56.3 Å². The molecule has 1 atom stereocenters. The van der Waals surface area contributed by atoms with Crippen molar-refractivity contribution in [3.05, 3.63) is 72.3 Å². The number of carbonyl (C=O) groups excluding carboxylic acids is 2. The first-order valence-electron chi connectivity index (χ1n) is 9.48. The molecule has 2 amide bonds. The summed E-state index contributed by atoms with van der Waals surface area (Å²) in [5.41, 5.74) is 2.16. The molecule has 0 heterocycles. The van der Waals surface area contributed by atoms with E-state index in [4.69, 9.17) is 0 Å². The van der Waals surface area contributed by atoms with Crippen molar-refractivity contribution in [2.45, 2.75) is 26.3 Å². The predicted octanol–water partition coefficient (Wildman–Crippen LogP) is 4.42. The van der Waals surface area contributed by atoms with Crippen molar-refractivity contribution < 1.29 is 9.59 Å². The first-order valence-corrected chi connectivity index (χ1v) is 9.48. The summed E-state index contributed by atoms with van der Waals surface area (Å²) in [5, 5.41) is 11.1. The van der Waals surface area contributed by atoms with Gasteiger partial charge >= 0.3 is 0 Å². The van der Waals surface area contributed by atoms with Crippen molar-refractivity contribution >= 4 is 34.0 Å². The van der Waals surface area contributed by atoms with E-state index in [0.29, 0.717) is 5.56 Å². The van der Waals surface area contributed by atoms with Gasteiger partial charge in [-0.2, -0.15) is 0 Å². The molecule has 0 radical (unpaired) electrons. The zero-order chi connectivity index (χ0) is 19.9. The van der Waals surface area contributed by atoms with E-state index in [-0.39, 0.29) is 24.4 Å². The number of rotatable bonds is 7. The maximum Gasteiger partial charge on any atom is 0.251 e. The molecule has 0 saturated heterocycles. The van der Waals surface area contributed by atoms with E-state index in [2.05, 4.69) is 16.0 Å². The quantitative estimate of drug-likeness (QED) is 0.572. The third-order valence-electron chi connectivity index (χ3n) is 4.62. The Morgan fingerprint density at radius 2 is 1.57 bits per heavy atom. The van der Waals surface area contributed by atoms with Gasteiger partial charge in [0.1, 0.15) is 0 Å². The van der Waals surface area contributed by atoms with Crippen LogP contribution in [-0.4, -0.2) is 24.4 Å². The summed E-state index contributed by atoms with van der Waals surface area (Å²) >= 11 is 0. The average molecular weight is 375 g/mol. The van der Waals surface area contributed by atoms with Crippen LogP contribution in [0.1, 0.15) is 30.6 Å². The van der Waals surface area contributed by atoms with E-state index in [0.717, 1.165) is 28.6 Å². The van der Waals surface area contributed by atoms with Crippen molar-refractivity contribution in [1.82, 2.24) is 5.32 Å². The molecule has 0 aliphatic rings. The molecule has 0 spiro atoms. The van der Waals surface area contributed by atoms with Crippen LogP contribution in [0.25, 0.3) is 10.8 Å². The largest absolute Gasteiger partial charge is 0.376 e. The van der Waals surface area contributed by atoms with Crippen LogP contribution in [0.5, 0.6) is 0 Å². The Balaban J connectivity index is 1.53. The number of benzene rings is 3. The fourth-order valence-corrected chi connectivity index (χ4v) is 2.80. The number of hydrogen-bond donors (Lipinski definition) is 3. The SMILES string of the molecule is CCC(C)NC(=O)c1ccc(NCC(=O)Nc2ccc3ccccc3c2)cc1. The molecule has 1 unspecified atom stereocenters. The number of fused-ring (bicyclic) bond motifs is 1. The lowest BCUT2D eigenvalue weighted by Crippen LogP contribution is -2.31. The van der Waals surface area contributed by atoms with E-state index in [1.54, 1.807) is 24.3 Å². The minimum absolute atomic E-state index is 0.0880. The highest BCUT2D eigenvalue weighted by atomic mass is 16.2. The van der Waals surface area contributed by atoms with Crippen LogP contribution in [0.2, 0.25) is 0 Å². The van der Waals surface area contributed by atoms with Gasteiger partial charge in [0.25, 0.3) is 5.91 Å². The van der Waals surface area contributed by atoms with Gasteiger partial charge < -0.3 is 16.0 Å². The molecule has 3 rings (SSSR count). The van der Waals surface area contributed by atoms with Gasteiger partial charge in [-0.05, 0) is 60.5 Å². The summed E-state index contributed by atoms with van der Waals surface area (Å²) in [4.78, 5) is 24.3. The molecule has 0 aliphatic carbocycles. The van der Waals surface area contributed by atoms with Gasteiger partial charge in [-0.15, -0.1) is 0 Å². The minimum atomic E-state index is -0.131. The van der Waals surface area contributed by atoms with Crippen LogP contribution < -0.4 is 16.0 Å². The maximum atomic E-state index is 12.2. The fourth-order valence-electron chi connectivity index (χ4n) is 2.80. The van der Waals surface area contributed by atoms with E-state index < -0.39 is 0 Å². The smallest absolute Gasteiger partial charge is 0.251 e. The number of anilines is 2. The number of amides is 2. The summed E-state index contributed by atoms with van der Waals surface area (Å²) in [6.45, 7) is 4.15. The van der Waals surface area contributed by atoms with Crippen molar-refractivity contribution in [1.29, 1.82) is 0 Å². The summed E-state index contributed by atoms with van der Waals surface area (Å²) in [7, 11) is 0. The molecular formula is C23H25N3O2. The molecule has 0 aromatic heterocycles. The summed E-state index contributed by atoms with van der Waals surface area (Å²) < 4.78 is 0. The van der Waals surface area contributed by atoms with E-state index in [1.165, 1.54) is 0 Å². The topological polar surface area (TPSA) is 70.2 Å². The summed E-state index contributed by atoms with van der Waals surface area (Å²) in [6.07, 6.45) is 0.887. The lowest BCUT2D eigenvalue weighted by molar-refractivity contribution is -0.114. The van der Waals surface area contributed by atoms with Crippen molar-refractivity contribution in [3.63, 3.8) is 0 Å². The molecule has 0 aliphatic heterocycles. The Morgan fingerprint density at radius 3 is 2.29 bits per heavy atom. The Hall–Kier alpha value is -3.34. The summed E-state index contributed by atoms with van der Waals surface area (Å²) in [6, 6.07) is 21.1.